The summed E-state index contributed by atoms with van der Waals surface area (Å²) >= 11 is 5.90. The smallest absolute Gasteiger partial charge is 0.174 e. The summed E-state index contributed by atoms with van der Waals surface area (Å²) in [6.45, 7) is 2.09. The first-order chi connectivity index (χ1) is 16.6. The van der Waals surface area contributed by atoms with Gasteiger partial charge in [0.15, 0.2) is 5.11 Å². The van der Waals surface area contributed by atoms with Crippen LogP contribution in [0.1, 0.15) is 29.0 Å². The Labute approximate surface area is 204 Å². The van der Waals surface area contributed by atoms with Gasteiger partial charge in [-0.2, -0.15) is 0 Å². The molecule has 0 saturated carbocycles. The van der Waals surface area contributed by atoms with Crippen LogP contribution in [0.3, 0.4) is 0 Å². The Balaban J connectivity index is 1.70. The van der Waals surface area contributed by atoms with Crippen molar-refractivity contribution in [2.45, 2.75) is 19.0 Å². The van der Waals surface area contributed by atoms with Crippen molar-refractivity contribution in [1.82, 2.24) is 14.9 Å². The molecule has 4 aromatic rings. The average Bonchev–Trinajstić information content (AvgIpc) is 3.49. The minimum Gasteiger partial charge on any atom is -0.497 e. The van der Waals surface area contributed by atoms with Crippen LogP contribution >= 0.6 is 12.2 Å². The Morgan fingerprint density at radius 3 is 2.47 bits per heavy atom. The molecule has 2 aromatic heterocycles. The van der Waals surface area contributed by atoms with Crippen molar-refractivity contribution >= 4 is 23.0 Å². The second kappa shape index (κ2) is 9.19. The highest BCUT2D eigenvalue weighted by Crippen LogP contribution is 2.46. The van der Waals surface area contributed by atoms with Crippen LogP contribution in [0.25, 0.3) is 5.69 Å². The second-order valence-corrected chi connectivity index (χ2v) is 8.56. The van der Waals surface area contributed by atoms with Crippen LogP contribution < -0.4 is 19.7 Å². The maximum Gasteiger partial charge on any atom is 0.174 e. The van der Waals surface area contributed by atoms with Crippen LogP contribution in [0.5, 0.6) is 11.5 Å². The van der Waals surface area contributed by atoms with E-state index >= 15 is 0 Å². The van der Waals surface area contributed by atoms with E-state index in [2.05, 4.69) is 69.3 Å². The van der Waals surface area contributed by atoms with E-state index in [1.54, 1.807) is 14.2 Å². The number of anilines is 1. The van der Waals surface area contributed by atoms with E-state index in [1.165, 1.54) is 5.56 Å². The Bertz CT molecular complexity index is 1300. The van der Waals surface area contributed by atoms with Crippen molar-refractivity contribution in [3.63, 3.8) is 0 Å². The number of ether oxygens (including phenoxy) is 2. The third-order valence-corrected chi connectivity index (χ3v) is 6.45. The number of thiocarbonyl (C=S) groups is 1. The van der Waals surface area contributed by atoms with Gasteiger partial charge in [0.1, 0.15) is 17.5 Å². The molecule has 5 rings (SSSR count). The molecule has 0 spiro atoms. The van der Waals surface area contributed by atoms with Gasteiger partial charge >= 0.3 is 0 Å². The lowest BCUT2D eigenvalue weighted by atomic mass is 10.0. The highest BCUT2D eigenvalue weighted by molar-refractivity contribution is 7.80. The lowest BCUT2D eigenvalue weighted by molar-refractivity contribution is 0.402. The molecule has 2 atom stereocenters. The molecule has 1 N–H and O–H groups in total. The molecule has 1 fully saturated rings. The quantitative estimate of drug-likeness (QED) is 0.382. The number of methoxy groups -OCH3 is 2. The van der Waals surface area contributed by atoms with E-state index < -0.39 is 0 Å². The zero-order chi connectivity index (χ0) is 23.7. The number of benzene rings is 2. The number of pyridine rings is 1. The minimum atomic E-state index is -0.181. The third-order valence-electron chi connectivity index (χ3n) is 6.14. The monoisotopic (exact) mass is 470 g/mol. The molecule has 3 heterocycles. The van der Waals surface area contributed by atoms with Crippen LogP contribution in [0.15, 0.2) is 85.2 Å². The molecule has 2 aromatic carbocycles. The van der Waals surface area contributed by atoms with Crippen molar-refractivity contribution in [2.75, 3.05) is 19.1 Å². The van der Waals surface area contributed by atoms with E-state index in [9.17, 15) is 0 Å². The summed E-state index contributed by atoms with van der Waals surface area (Å²) in [5.74, 6) is 1.44. The van der Waals surface area contributed by atoms with Gasteiger partial charge in [-0.25, -0.2) is 0 Å². The number of nitrogens with zero attached hydrogens (tertiary/aromatic N) is 3. The molecule has 0 bridgehead atoms. The highest BCUT2D eigenvalue weighted by Gasteiger charge is 2.43. The topological polar surface area (TPSA) is 51.6 Å². The van der Waals surface area contributed by atoms with E-state index in [4.69, 9.17) is 21.7 Å². The average molecular weight is 471 g/mol. The molecule has 0 unspecified atom stereocenters. The molecule has 0 amide bonds. The summed E-state index contributed by atoms with van der Waals surface area (Å²) in [5.41, 5.74) is 5.13. The van der Waals surface area contributed by atoms with Crippen molar-refractivity contribution in [2.24, 2.45) is 0 Å². The Morgan fingerprint density at radius 2 is 1.76 bits per heavy atom. The fourth-order valence-electron chi connectivity index (χ4n) is 4.48. The molecule has 0 radical (unpaired) electrons. The predicted molar refractivity (Wildman–Crippen MR) is 138 cm³/mol. The fraction of sp³-hybridized carbons (Fsp3) is 0.185. The number of hydrogen-bond donors (Lipinski definition) is 1. The normalized spacial score (nSPS) is 17.5. The van der Waals surface area contributed by atoms with Gasteiger partial charge in [-0.15, -0.1) is 0 Å². The molecule has 6 nitrogen and oxygen atoms in total. The zero-order valence-electron chi connectivity index (χ0n) is 19.3. The molecule has 1 aliphatic heterocycles. The van der Waals surface area contributed by atoms with Crippen LogP contribution in [0.2, 0.25) is 0 Å². The van der Waals surface area contributed by atoms with Gasteiger partial charge in [0.05, 0.1) is 31.6 Å². The first kappa shape index (κ1) is 22.0. The lowest BCUT2D eigenvalue weighted by Crippen LogP contribution is -2.30. The molecule has 34 heavy (non-hydrogen) atoms. The van der Waals surface area contributed by atoms with E-state index in [0.29, 0.717) is 10.9 Å². The summed E-state index contributed by atoms with van der Waals surface area (Å²) in [4.78, 5) is 6.77. The zero-order valence-corrected chi connectivity index (χ0v) is 20.1. The van der Waals surface area contributed by atoms with Crippen molar-refractivity contribution in [3.05, 3.63) is 102 Å². The summed E-state index contributed by atoms with van der Waals surface area (Å²) in [5, 5.41) is 4.12. The van der Waals surface area contributed by atoms with Gasteiger partial charge in [-0.1, -0.05) is 23.8 Å². The molecular weight excluding hydrogens is 444 g/mol. The Morgan fingerprint density at radius 1 is 0.941 bits per heavy atom. The highest BCUT2D eigenvalue weighted by atomic mass is 32.1. The maximum absolute atomic E-state index is 5.90. The standard InChI is InChI=1S/C27H26N4O2S/c1-18-9-11-19(12-10-18)30-16-6-8-22(30)26-25(21-7-4-5-15-28-21)29-27(34)31(26)23-17-20(32-2)13-14-24(23)33-3/h4-17,25-26H,1-3H3,(H,29,34)/t25-,26-/m0/s1. The van der Waals surface area contributed by atoms with Gasteiger partial charge in [-0.3, -0.25) is 4.98 Å². The van der Waals surface area contributed by atoms with E-state index in [-0.39, 0.29) is 12.1 Å². The van der Waals surface area contributed by atoms with Gasteiger partial charge in [0, 0.05) is 29.8 Å². The number of aryl methyl sites for hydroxylation is 1. The minimum absolute atomic E-state index is 0.163. The summed E-state index contributed by atoms with van der Waals surface area (Å²) < 4.78 is 13.5. The molecule has 7 heteroatoms. The van der Waals surface area contributed by atoms with Crippen molar-refractivity contribution in [3.8, 4) is 17.2 Å². The molecule has 0 aliphatic carbocycles. The van der Waals surface area contributed by atoms with Gasteiger partial charge in [0.2, 0.25) is 0 Å². The third kappa shape index (κ3) is 3.88. The molecular formula is C27H26N4O2S. The molecule has 1 saturated heterocycles. The van der Waals surface area contributed by atoms with Crippen molar-refractivity contribution < 1.29 is 9.47 Å². The second-order valence-electron chi connectivity index (χ2n) is 8.17. The predicted octanol–water partition coefficient (Wildman–Crippen LogP) is 5.38. The molecule has 1 aliphatic rings. The number of nitrogens with one attached hydrogen (secondary N) is 1. The number of hydrogen-bond acceptors (Lipinski definition) is 4. The Hall–Kier alpha value is -3.84. The summed E-state index contributed by atoms with van der Waals surface area (Å²) in [6.07, 6.45) is 3.89. The summed E-state index contributed by atoms with van der Waals surface area (Å²) in [7, 11) is 3.32. The van der Waals surface area contributed by atoms with Crippen LogP contribution in [0, 0.1) is 6.92 Å². The first-order valence-corrected chi connectivity index (χ1v) is 11.5. The van der Waals surface area contributed by atoms with Crippen LogP contribution in [-0.2, 0) is 0 Å². The fourth-order valence-corrected chi connectivity index (χ4v) is 4.81. The first-order valence-electron chi connectivity index (χ1n) is 11.1. The maximum atomic E-state index is 5.90. The van der Waals surface area contributed by atoms with E-state index in [0.717, 1.165) is 28.5 Å². The number of rotatable bonds is 6. The van der Waals surface area contributed by atoms with Crippen molar-refractivity contribution in [1.29, 1.82) is 0 Å². The van der Waals surface area contributed by atoms with Gasteiger partial charge < -0.3 is 24.3 Å². The van der Waals surface area contributed by atoms with E-state index in [1.807, 2.05) is 42.6 Å². The SMILES string of the molecule is COc1ccc(OC)c(N2C(=S)N[C@@H](c3ccccn3)[C@@H]2c2cccn2-c2ccc(C)cc2)c1. The van der Waals surface area contributed by atoms with Gasteiger partial charge in [0.25, 0.3) is 0 Å². The lowest BCUT2D eigenvalue weighted by Gasteiger charge is -2.30. The largest absolute Gasteiger partial charge is 0.497 e. The van der Waals surface area contributed by atoms with Crippen LogP contribution in [0.4, 0.5) is 5.69 Å². The Kier molecular flexibility index (Phi) is 5.94. The number of aromatic nitrogens is 2. The summed E-state index contributed by atoms with van der Waals surface area (Å²) in [6, 6.07) is 24.0. The van der Waals surface area contributed by atoms with Gasteiger partial charge in [-0.05, 0) is 67.7 Å². The molecule has 172 valence electrons. The van der Waals surface area contributed by atoms with Crippen LogP contribution in [-0.4, -0.2) is 28.9 Å².